The van der Waals surface area contributed by atoms with E-state index in [1.807, 2.05) is 0 Å². The number of rotatable bonds is 0. The number of nitrogens with zero attached hydrogens (tertiary/aromatic N) is 3. The van der Waals surface area contributed by atoms with E-state index in [1.54, 1.807) is 6.92 Å². The predicted molar refractivity (Wildman–Crippen MR) is 35.8 cm³/mol. The SMILES string of the molecule is [C-]#[N+]c1nc(C)[nH]c1[N+]#[C-]. The summed E-state index contributed by atoms with van der Waals surface area (Å²) < 4.78 is 0. The molecule has 0 aliphatic rings. The number of imidazole rings is 1. The standard InChI is InChI=1S/C6H4N4/c1-4-9-5(7-2)6(8-3)10-4/h1H3,(H,9,10). The third kappa shape index (κ3) is 0.828. The van der Waals surface area contributed by atoms with E-state index in [9.17, 15) is 0 Å². The highest BCUT2D eigenvalue weighted by atomic mass is 15.1. The second-order valence-corrected chi connectivity index (χ2v) is 1.72. The Balaban J connectivity index is 3.28. The van der Waals surface area contributed by atoms with Gasteiger partial charge in [-0.1, -0.05) is 18.1 Å². The van der Waals surface area contributed by atoms with Crippen molar-refractivity contribution in [3.63, 3.8) is 0 Å². The molecule has 0 saturated heterocycles. The van der Waals surface area contributed by atoms with Crippen LogP contribution in [0.5, 0.6) is 0 Å². The van der Waals surface area contributed by atoms with Crippen molar-refractivity contribution in [2.75, 3.05) is 0 Å². The van der Waals surface area contributed by atoms with Crippen LogP contribution in [-0.2, 0) is 0 Å². The van der Waals surface area contributed by atoms with Crippen LogP contribution < -0.4 is 0 Å². The van der Waals surface area contributed by atoms with E-state index < -0.39 is 0 Å². The minimum absolute atomic E-state index is 0.160. The maximum Gasteiger partial charge on any atom is 0.293 e. The molecule has 0 unspecified atom stereocenters. The Morgan fingerprint density at radius 1 is 1.40 bits per heavy atom. The lowest BCUT2D eigenvalue weighted by molar-refractivity contribution is 1.16. The van der Waals surface area contributed by atoms with Gasteiger partial charge in [-0.05, 0) is 0 Å². The predicted octanol–water partition coefficient (Wildman–Crippen LogP) is 1.82. The summed E-state index contributed by atoms with van der Waals surface area (Å²) in [6.07, 6.45) is 0. The first-order valence-electron chi connectivity index (χ1n) is 2.59. The van der Waals surface area contributed by atoms with Crippen molar-refractivity contribution in [1.29, 1.82) is 0 Å². The van der Waals surface area contributed by atoms with E-state index in [2.05, 4.69) is 19.7 Å². The Morgan fingerprint density at radius 3 is 2.50 bits per heavy atom. The maximum atomic E-state index is 6.61. The van der Waals surface area contributed by atoms with Crippen LogP contribution in [-0.4, -0.2) is 9.97 Å². The average Bonchev–Trinajstić information content (AvgIpc) is 2.30. The molecule has 0 amide bonds. The molecular formula is C6H4N4. The van der Waals surface area contributed by atoms with Crippen LogP contribution in [0.25, 0.3) is 9.69 Å². The Labute approximate surface area is 58.2 Å². The average molecular weight is 132 g/mol. The second-order valence-electron chi connectivity index (χ2n) is 1.72. The van der Waals surface area contributed by atoms with Gasteiger partial charge >= 0.3 is 0 Å². The summed E-state index contributed by atoms with van der Waals surface area (Å²) in [5, 5.41) is 0. The molecule has 0 spiro atoms. The smallest absolute Gasteiger partial charge is 0.293 e. The van der Waals surface area contributed by atoms with Gasteiger partial charge in [0.1, 0.15) is 0 Å². The molecule has 0 atom stereocenters. The first-order valence-corrected chi connectivity index (χ1v) is 2.59. The minimum Gasteiger partial charge on any atom is -0.373 e. The van der Waals surface area contributed by atoms with E-state index in [1.165, 1.54) is 0 Å². The quantitative estimate of drug-likeness (QED) is 0.537. The van der Waals surface area contributed by atoms with Crippen LogP contribution in [0.1, 0.15) is 5.82 Å². The summed E-state index contributed by atoms with van der Waals surface area (Å²) in [5.41, 5.74) is 0. The van der Waals surface area contributed by atoms with Gasteiger partial charge in [0, 0.05) is 6.92 Å². The molecule has 0 saturated carbocycles. The van der Waals surface area contributed by atoms with Crippen LogP contribution in [0.4, 0.5) is 11.6 Å². The van der Waals surface area contributed by atoms with Gasteiger partial charge in [0.05, 0.1) is 0 Å². The van der Waals surface area contributed by atoms with Gasteiger partial charge in [0.2, 0.25) is 0 Å². The minimum atomic E-state index is 0.160. The summed E-state index contributed by atoms with van der Waals surface area (Å²) in [7, 11) is 0. The maximum absolute atomic E-state index is 6.61. The third-order valence-electron chi connectivity index (χ3n) is 1.00. The number of hydrogen-bond donors (Lipinski definition) is 1. The molecule has 48 valence electrons. The molecule has 0 aliphatic heterocycles. The zero-order valence-electron chi connectivity index (χ0n) is 5.34. The molecule has 1 heterocycles. The van der Waals surface area contributed by atoms with Gasteiger partial charge in [0.15, 0.2) is 0 Å². The fourth-order valence-corrected chi connectivity index (χ4v) is 0.623. The zero-order valence-corrected chi connectivity index (χ0v) is 5.34. The highest BCUT2D eigenvalue weighted by Crippen LogP contribution is 2.23. The first-order chi connectivity index (χ1) is 4.77. The van der Waals surface area contributed by atoms with Crippen molar-refractivity contribution in [3.8, 4) is 0 Å². The molecule has 4 heteroatoms. The van der Waals surface area contributed by atoms with Crippen molar-refractivity contribution in [1.82, 2.24) is 9.97 Å². The number of aromatic amines is 1. The second kappa shape index (κ2) is 2.20. The van der Waals surface area contributed by atoms with Crippen LogP contribution in [0.3, 0.4) is 0 Å². The molecule has 0 fully saturated rings. The van der Waals surface area contributed by atoms with Gasteiger partial charge in [-0.2, -0.15) is 0 Å². The lowest BCUT2D eigenvalue weighted by atomic mass is 10.7. The lowest BCUT2D eigenvalue weighted by Gasteiger charge is -1.79. The summed E-state index contributed by atoms with van der Waals surface area (Å²) in [5.74, 6) is 0.997. The topological polar surface area (TPSA) is 37.4 Å². The fraction of sp³-hybridized carbons (Fsp3) is 0.167. The van der Waals surface area contributed by atoms with E-state index in [0.29, 0.717) is 5.82 Å². The molecule has 4 nitrogen and oxygen atoms in total. The van der Waals surface area contributed by atoms with Crippen molar-refractivity contribution in [2.45, 2.75) is 6.92 Å². The third-order valence-corrected chi connectivity index (χ3v) is 1.00. The molecule has 0 bridgehead atoms. The van der Waals surface area contributed by atoms with Crippen LogP contribution in [0.2, 0.25) is 0 Å². The van der Waals surface area contributed by atoms with Crippen LogP contribution >= 0.6 is 0 Å². The van der Waals surface area contributed by atoms with Gasteiger partial charge in [-0.25, -0.2) is 0 Å². The van der Waals surface area contributed by atoms with E-state index >= 15 is 0 Å². The van der Waals surface area contributed by atoms with Gasteiger partial charge in [-0.3, -0.25) is 4.98 Å². The summed E-state index contributed by atoms with van der Waals surface area (Å²) >= 11 is 0. The number of aryl methyl sites for hydroxylation is 1. The van der Waals surface area contributed by atoms with Crippen LogP contribution in [0.15, 0.2) is 0 Å². The van der Waals surface area contributed by atoms with Gasteiger partial charge < -0.3 is 9.69 Å². The Bertz CT molecular complexity index is 291. The molecule has 1 aromatic heterocycles. The van der Waals surface area contributed by atoms with Crippen molar-refractivity contribution in [2.24, 2.45) is 0 Å². The van der Waals surface area contributed by atoms with Gasteiger partial charge in [0.25, 0.3) is 17.5 Å². The largest absolute Gasteiger partial charge is 0.373 e. The molecule has 1 aromatic rings. The summed E-state index contributed by atoms with van der Waals surface area (Å²) in [6, 6.07) is 0. The first kappa shape index (κ1) is 6.31. The van der Waals surface area contributed by atoms with E-state index in [-0.39, 0.29) is 11.6 Å². The van der Waals surface area contributed by atoms with Crippen molar-refractivity contribution in [3.05, 3.63) is 28.7 Å². The molecule has 0 aliphatic carbocycles. The van der Waals surface area contributed by atoms with E-state index in [4.69, 9.17) is 13.1 Å². The molecule has 1 rings (SSSR count). The number of hydrogen-bond acceptors (Lipinski definition) is 1. The number of aromatic nitrogens is 2. The van der Waals surface area contributed by atoms with E-state index in [0.717, 1.165) is 0 Å². The molecule has 10 heavy (non-hydrogen) atoms. The molecule has 1 N–H and O–H groups in total. The summed E-state index contributed by atoms with van der Waals surface area (Å²) in [4.78, 5) is 12.6. The molecule has 0 radical (unpaired) electrons. The lowest BCUT2D eigenvalue weighted by Crippen LogP contribution is -1.67. The molecule has 0 aromatic carbocycles. The molecular weight excluding hydrogens is 128 g/mol. The van der Waals surface area contributed by atoms with Gasteiger partial charge in [-0.15, -0.1) is 0 Å². The highest BCUT2D eigenvalue weighted by molar-refractivity contribution is 5.61. The Hall–Kier alpha value is -1.81. The number of H-pyrrole nitrogens is 1. The normalized spacial score (nSPS) is 8.30. The Kier molecular flexibility index (Phi) is 1.39. The summed E-state index contributed by atoms with van der Waals surface area (Å²) in [6.45, 7) is 14.9. The zero-order chi connectivity index (χ0) is 7.56. The fourth-order valence-electron chi connectivity index (χ4n) is 0.623. The number of nitrogens with one attached hydrogen (secondary N) is 1. The monoisotopic (exact) mass is 132 g/mol. The highest BCUT2D eigenvalue weighted by Gasteiger charge is 2.07. The van der Waals surface area contributed by atoms with Crippen LogP contribution in [0, 0.1) is 20.1 Å². The van der Waals surface area contributed by atoms with Crippen molar-refractivity contribution < 1.29 is 0 Å². The van der Waals surface area contributed by atoms with Crippen molar-refractivity contribution >= 4 is 11.6 Å². The Morgan fingerprint density at radius 2 is 2.10 bits per heavy atom.